The molecule has 1 heterocycles. The largest absolute Gasteiger partial charge is 0.326 e. The van der Waals surface area contributed by atoms with Crippen molar-refractivity contribution in [2.24, 2.45) is 5.73 Å². The van der Waals surface area contributed by atoms with Gasteiger partial charge >= 0.3 is 0 Å². The van der Waals surface area contributed by atoms with Gasteiger partial charge < -0.3 is 5.73 Å². The molecule has 2 rings (SSSR count). The highest BCUT2D eigenvalue weighted by atomic mass is 35.5. The van der Waals surface area contributed by atoms with Crippen LogP contribution in [0.3, 0.4) is 0 Å². The molecule has 0 unspecified atom stereocenters. The standard InChI is InChI=1S/C13H13Cl2N3O2S/c1-8-2-3-9(7-17-8)18-21(19,20)12-5-4-11(14)10(6-16)13(12)15/h2-5,7,18H,6,16H2,1H3. The summed E-state index contributed by atoms with van der Waals surface area (Å²) in [5.41, 5.74) is 7.06. The zero-order chi connectivity index (χ0) is 15.6. The summed E-state index contributed by atoms with van der Waals surface area (Å²) in [5.74, 6) is 0. The zero-order valence-corrected chi connectivity index (χ0v) is 13.4. The number of halogens is 2. The van der Waals surface area contributed by atoms with Gasteiger partial charge in [0.05, 0.1) is 16.9 Å². The van der Waals surface area contributed by atoms with Gasteiger partial charge in [-0.1, -0.05) is 23.2 Å². The molecule has 0 saturated carbocycles. The maximum absolute atomic E-state index is 12.4. The molecule has 0 radical (unpaired) electrons. The highest BCUT2D eigenvalue weighted by Crippen LogP contribution is 2.31. The average molecular weight is 346 g/mol. The van der Waals surface area contributed by atoms with Gasteiger partial charge in [-0.3, -0.25) is 9.71 Å². The molecule has 8 heteroatoms. The summed E-state index contributed by atoms with van der Waals surface area (Å²) in [6, 6.07) is 6.12. The SMILES string of the molecule is Cc1ccc(NS(=O)(=O)c2ccc(Cl)c(CN)c2Cl)cn1. The number of pyridine rings is 1. The Hall–Kier alpha value is -1.34. The van der Waals surface area contributed by atoms with Crippen molar-refractivity contribution >= 4 is 38.9 Å². The van der Waals surface area contributed by atoms with E-state index < -0.39 is 10.0 Å². The average Bonchev–Trinajstić information content (AvgIpc) is 2.41. The molecule has 0 bridgehead atoms. The number of anilines is 1. The fraction of sp³-hybridized carbons (Fsp3) is 0.154. The van der Waals surface area contributed by atoms with Gasteiger partial charge in [-0.25, -0.2) is 8.42 Å². The van der Waals surface area contributed by atoms with Gasteiger partial charge in [-0.15, -0.1) is 0 Å². The Labute approximate surface area is 133 Å². The molecule has 21 heavy (non-hydrogen) atoms. The quantitative estimate of drug-likeness (QED) is 0.891. The van der Waals surface area contributed by atoms with E-state index in [2.05, 4.69) is 9.71 Å². The predicted molar refractivity (Wildman–Crippen MR) is 84.1 cm³/mol. The van der Waals surface area contributed by atoms with E-state index in [0.717, 1.165) is 5.69 Å². The number of benzene rings is 1. The smallest absolute Gasteiger partial charge is 0.263 e. The summed E-state index contributed by atoms with van der Waals surface area (Å²) >= 11 is 12.0. The Kier molecular flexibility index (Phi) is 4.73. The Balaban J connectivity index is 2.42. The van der Waals surface area contributed by atoms with E-state index in [1.54, 1.807) is 12.1 Å². The van der Waals surface area contributed by atoms with Gasteiger partial charge in [-0.2, -0.15) is 0 Å². The molecular weight excluding hydrogens is 333 g/mol. The number of aryl methyl sites for hydroxylation is 1. The summed E-state index contributed by atoms with van der Waals surface area (Å²) in [4.78, 5) is 3.95. The van der Waals surface area contributed by atoms with E-state index in [9.17, 15) is 8.42 Å². The summed E-state index contributed by atoms with van der Waals surface area (Å²) in [6.45, 7) is 1.86. The number of nitrogens with two attached hydrogens (primary N) is 1. The Morgan fingerprint density at radius 3 is 2.52 bits per heavy atom. The van der Waals surface area contributed by atoms with E-state index in [1.165, 1.54) is 18.3 Å². The monoisotopic (exact) mass is 345 g/mol. The second kappa shape index (κ2) is 6.19. The van der Waals surface area contributed by atoms with Gasteiger partial charge in [0.1, 0.15) is 4.90 Å². The Morgan fingerprint density at radius 2 is 1.95 bits per heavy atom. The number of nitrogens with one attached hydrogen (secondary N) is 1. The molecule has 112 valence electrons. The number of hydrogen-bond acceptors (Lipinski definition) is 4. The van der Waals surface area contributed by atoms with Crippen molar-refractivity contribution in [3.8, 4) is 0 Å². The van der Waals surface area contributed by atoms with Crippen LogP contribution < -0.4 is 10.5 Å². The van der Waals surface area contributed by atoms with Crippen molar-refractivity contribution in [2.75, 3.05) is 4.72 Å². The molecule has 0 fully saturated rings. The van der Waals surface area contributed by atoms with Crippen LogP contribution in [-0.2, 0) is 16.6 Å². The van der Waals surface area contributed by atoms with E-state index in [0.29, 0.717) is 16.3 Å². The minimum absolute atomic E-state index is 0.0255. The Morgan fingerprint density at radius 1 is 1.24 bits per heavy atom. The van der Waals surface area contributed by atoms with Crippen LogP contribution in [0.1, 0.15) is 11.3 Å². The fourth-order valence-electron chi connectivity index (χ4n) is 1.71. The fourth-order valence-corrected chi connectivity index (χ4v) is 3.69. The molecule has 0 aliphatic rings. The number of sulfonamides is 1. The van der Waals surface area contributed by atoms with Crippen molar-refractivity contribution in [1.82, 2.24) is 4.98 Å². The molecule has 2 aromatic rings. The van der Waals surface area contributed by atoms with Crippen molar-refractivity contribution in [1.29, 1.82) is 0 Å². The molecule has 0 spiro atoms. The molecule has 5 nitrogen and oxygen atoms in total. The van der Waals surface area contributed by atoms with Crippen LogP contribution in [0.2, 0.25) is 10.0 Å². The lowest BCUT2D eigenvalue weighted by atomic mass is 10.2. The summed E-state index contributed by atoms with van der Waals surface area (Å²) in [6.07, 6.45) is 1.43. The summed E-state index contributed by atoms with van der Waals surface area (Å²) in [7, 11) is -3.84. The van der Waals surface area contributed by atoms with E-state index >= 15 is 0 Å². The first kappa shape index (κ1) is 16.0. The lowest BCUT2D eigenvalue weighted by molar-refractivity contribution is 0.601. The van der Waals surface area contributed by atoms with Crippen LogP contribution in [0.5, 0.6) is 0 Å². The van der Waals surface area contributed by atoms with Crippen LogP contribution in [0.15, 0.2) is 35.4 Å². The molecule has 0 atom stereocenters. The van der Waals surface area contributed by atoms with Crippen LogP contribution in [-0.4, -0.2) is 13.4 Å². The van der Waals surface area contributed by atoms with Gasteiger partial charge in [0.15, 0.2) is 0 Å². The topological polar surface area (TPSA) is 85.1 Å². The van der Waals surface area contributed by atoms with Crippen LogP contribution in [0, 0.1) is 6.92 Å². The predicted octanol–water partition coefficient (Wildman–Crippen LogP) is 2.96. The highest BCUT2D eigenvalue weighted by molar-refractivity contribution is 7.92. The van der Waals surface area contributed by atoms with Crippen molar-refractivity contribution in [3.63, 3.8) is 0 Å². The van der Waals surface area contributed by atoms with E-state index in [-0.39, 0.29) is 16.5 Å². The van der Waals surface area contributed by atoms with Gasteiger partial charge in [-0.05, 0) is 31.2 Å². The van der Waals surface area contributed by atoms with E-state index in [4.69, 9.17) is 28.9 Å². The number of nitrogens with zero attached hydrogens (tertiary/aromatic N) is 1. The molecule has 1 aromatic carbocycles. The maximum atomic E-state index is 12.4. The zero-order valence-electron chi connectivity index (χ0n) is 11.1. The summed E-state index contributed by atoms with van der Waals surface area (Å²) < 4.78 is 27.2. The minimum atomic E-state index is -3.84. The van der Waals surface area contributed by atoms with Gasteiger partial charge in [0.25, 0.3) is 10.0 Å². The number of rotatable bonds is 4. The third kappa shape index (κ3) is 3.47. The van der Waals surface area contributed by atoms with Gasteiger partial charge in [0.2, 0.25) is 0 Å². The van der Waals surface area contributed by atoms with Gasteiger partial charge in [0, 0.05) is 22.8 Å². The molecule has 0 aliphatic carbocycles. The number of hydrogen-bond donors (Lipinski definition) is 2. The second-order valence-electron chi connectivity index (χ2n) is 4.34. The lowest BCUT2D eigenvalue weighted by Crippen LogP contribution is -2.15. The number of aromatic nitrogens is 1. The maximum Gasteiger partial charge on any atom is 0.263 e. The molecule has 3 N–H and O–H groups in total. The lowest BCUT2D eigenvalue weighted by Gasteiger charge is -2.12. The second-order valence-corrected chi connectivity index (χ2v) is 6.77. The third-order valence-corrected chi connectivity index (χ3v) is 5.13. The van der Waals surface area contributed by atoms with E-state index in [1.807, 2.05) is 6.92 Å². The first-order chi connectivity index (χ1) is 9.85. The molecule has 0 amide bonds. The normalized spacial score (nSPS) is 11.4. The third-order valence-electron chi connectivity index (χ3n) is 2.81. The summed E-state index contributed by atoms with van der Waals surface area (Å²) in [5, 5.41) is 0.357. The first-order valence-electron chi connectivity index (χ1n) is 5.97. The van der Waals surface area contributed by atoms with Crippen LogP contribution in [0.25, 0.3) is 0 Å². The van der Waals surface area contributed by atoms with Crippen molar-refractivity contribution < 1.29 is 8.42 Å². The highest BCUT2D eigenvalue weighted by Gasteiger charge is 2.21. The molecule has 0 aliphatic heterocycles. The van der Waals surface area contributed by atoms with Crippen molar-refractivity contribution in [2.45, 2.75) is 18.4 Å². The van der Waals surface area contributed by atoms with Crippen molar-refractivity contribution in [3.05, 3.63) is 51.8 Å². The Bertz CT molecular complexity index is 762. The molecule has 1 aromatic heterocycles. The first-order valence-corrected chi connectivity index (χ1v) is 8.21. The van der Waals surface area contributed by atoms with Crippen LogP contribution >= 0.6 is 23.2 Å². The van der Waals surface area contributed by atoms with Crippen LogP contribution in [0.4, 0.5) is 5.69 Å². The minimum Gasteiger partial charge on any atom is -0.326 e. The molecular formula is C13H13Cl2N3O2S. The molecule has 0 saturated heterocycles.